The third kappa shape index (κ3) is 3.58. The molecule has 0 spiro atoms. The topological polar surface area (TPSA) is 64.6 Å². The van der Waals surface area contributed by atoms with Gasteiger partial charge in [-0.15, -0.1) is 0 Å². The Morgan fingerprint density at radius 3 is 2.10 bits per heavy atom. The molecule has 1 aromatic heterocycles. The minimum Gasteiger partial charge on any atom is -0.399 e. The van der Waals surface area contributed by atoms with Crippen molar-refractivity contribution in [2.24, 2.45) is 0 Å². The summed E-state index contributed by atoms with van der Waals surface area (Å²) >= 11 is 0. The molecule has 1 atom stereocenters. The number of aromatic nitrogens is 2. The van der Waals surface area contributed by atoms with Gasteiger partial charge < -0.3 is 14.2 Å². The molecular weight excluding hydrogens is 365 g/mol. The van der Waals surface area contributed by atoms with Crippen molar-refractivity contribution in [3.05, 3.63) is 47.5 Å². The van der Waals surface area contributed by atoms with Crippen LogP contribution in [0.5, 0.6) is 0 Å². The van der Waals surface area contributed by atoms with Crippen LogP contribution in [0.15, 0.2) is 30.3 Å². The van der Waals surface area contributed by atoms with Crippen molar-refractivity contribution in [2.45, 2.75) is 65.1 Å². The zero-order valence-electron chi connectivity index (χ0n) is 18.0. The Kier molecular flexibility index (Phi) is 4.78. The van der Waals surface area contributed by atoms with Crippen molar-refractivity contribution in [2.75, 3.05) is 11.4 Å². The molecular formula is C22H28BN3O3. The summed E-state index contributed by atoms with van der Waals surface area (Å²) in [6, 6.07) is 9.80. The number of carbonyl (C=O) groups is 1. The van der Waals surface area contributed by atoms with E-state index in [4.69, 9.17) is 9.31 Å². The van der Waals surface area contributed by atoms with Gasteiger partial charge in [-0.3, -0.25) is 4.79 Å². The summed E-state index contributed by atoms with van der Waals surface area (Å²) in [4.78, 5) is 23.8. The molecule has 152 valence electrons. The van der Waals surface area contributed by atoms with E-state index in [0.717, 1.165) is 29.0 Å². The van der Waals surface area contributed by atoms with Crippen LogP contribution in [0.4, 0.5) is 5.69 Å². The maximum Gasteiger partial charge on any atom is 0.494 e. The minimum atomic E-state index is -0.403. The molecule has 0 aliphatic carbocycles. The van der Waals surface area contributed by atoms with E-state index in [1.165, 1.54) is 0 Å². The van der Waals surface area contributed by atoms with Gasteiger partial charge in [-0.1, -0.05) is 12.1 Å². The van der Waals surface area contributed by atoms with Crippen LogP contribution in [0.2, 0.25) is 0 Å². The quantitative estimate of drug-likeness (QED) is 0.751. The molecule has 2 fully saturated rings. The third-order valence-corrected chi connectivity index (χ3v) is 6.25. The number of hydrogen-bond donors (Lipinski definition) is 0. The number of hydrogen-bond acceptors (Lipinski definition) is 5. The summed E-state index contributed by atoms with van der Waals surface area (Å²) in [5.74, 6) is 0.401. The van der Waals surface area contributed by atoms with E-state index in [1.807, 2.05) is 76.8 Å². The van der Waals surface area contributed by atoms with Crippen LogP contribution < -0.4 is 10.4 Å². The van der Waals surface area contributed by atoms with Crippen LogP contribution >= 0.6 is 0 Å². The number of rotatable bonds is 3. The molecule has 1 amide bonds. The van der Waals surface area contributed by atoms with Crippen molar-refractivity contribution in [3.63, 3.8) is 0 Å². The Bertz CT molecular complexity index is 907. The number of nitrogens with zero attached hydrogens (tertiary/aromatic N) is 3. The molecule has 2 aliphatic heterocycles. The fourth-order valence-electron chi connectivity index (χ4n) is 3.88. The number of amides is 1. The van der Waals surface area contributed by atoms with Crippen LogP contribution in [-0.2, 0) is 14.1 Å². The van der Waals surface area contributed by atoms with Crippen molar-refractivity contribution in [1.82, 2.24) is 9.97 Å². The molecule has 0 N–H and O–H groups in total. The molecule has 2 saturated heterocycles. The minimum absolute atomic E-state index is 0.0541. The fraction of sp³-hybridized carbons (Fsp3) is 0.500. The van der Waals surface area contributed by atoms with Gasteiger partial charge in [-0.2, -0.15) is 0 Å². The van der Waals surface area contributed by atoms with Crippen LogP contribution in [0.1, 0.15) is 57.2 Å². The molecule has 3 heterocycles. The second-order valence-corrected chi connectivity index (χ2v) is 9.02. The molecule has 2 aliphatic rings. The Balaban J connectivity index is 1.51. The van der Waals surface area contributed by atoms with Gasteiger partial charge in [0.1, 0.15) is 11.7 Å². The zero-order chi connectivity index (χ0) is 21.0. The van der Waals surface area contributed by atoms with Gasteiger partial charge in [0.15, 0.2) is 0 Å². The summed E-state index contributed by atoms with van der Waals surface area (Å²) in [5.41, 5.74) is 2.87. The van der Waals surface area contributed by atoms with Crippen molar-refractivity contribution in [3.8, 4) is 0 Å². The normalized spacial score (nSPS) is 23.1. The second-order valence-electron chi connectivity index (χ2n) is 9.02. The van der Waals surface area contributed by atoms with E-state index in [1.54, 1.807) is 0 Å². The highest BCUT2D eigenvalue weighted by Gasteiger charge is 2.51. The number of aryl methyl sites for hydroxylation is 2. The van der Waals surface area contributed by atoms with Crippen LogP contribution in [0.25, 0.3) is 0 Å². The van der Waals surface area contributed by atoms with Crippen LogP contribution in [-0.4, -0.2) is 40.7 Å². The van der Waals surface area contributed by atoms with E-state index >= 15 is 0 Å². The first kappa shape index (κ1) is 20.0. The lowest BCUT2D eigenvalue weighted by molar-refractivity contribution is -0.118. The Morgan fingerprint density at radius 2 is 1.55 bits per heavy atom. The molecule has 29 heavy (non-hydrogen) atoms. The van der Waals surface area contributed by atoms with Gasteiger partial charge in [-0.05, 0) is 71.6 Å². The number of carbonyl (C=O) groups excluding carboxylic acids is 1. The van der Waals surface area contributed by atoms with Crippen LogP contribution in [0, 0.1) is 13.8 Å². The third-order valence-electron chi connectivity index (χ3n) is 6.25. The van der Waals surface area contributed by atoms with E-state index in [9.17, 15) is 4.79 Å². The molecule has 0 radical (unpaired) electrons. The molecule has 4 rings (SSSR count). The van der Waals surface area contributed by atoms with Crippen molar-refractivity contribution >= 4 is 24.2 Å². The lowest BCUT2D eigenvalue weighted by atomic mass is 9.79. The predicted molar refractivity (Wildman–Crippen MR) is 113 cm³/mol. The first-order chi connectivity index (χ1) is 13.6. The van der Waals surface area contributed by atoms with E-state index in [-0.39, 0.29) is 23.0 Å². The SMILES string of the molecule is Cc1cc(C)nc(C2CCN(c3ccc(B4OC(C)(C)C(C)(C)O4)cc3)C2=O)n1. The van der Waals surface area contributed by atoms with E-state index < -0.39 is 7.12 Å². The number of benzene rings is 1. The molecule has 0 saturated carbocycles. The molecule has 1 aromatic carbocycles. The van der Waals surface area contributed by atoms with E-state index in [2.05, 4.69) is 9.97 Å². The highest BCUT2D eigenvalue weighted by atomic mass is 16.7. The molecule has 0 bridgehead atoms. The van der Waals surface area contributed by atoms with Gasteiger partial charge in [-0.25, -0.2) is 9.97 Å². The molecule has 2 aromatic rings. The highest BCUT2D eigenvalue weighted by Crippen LogP contribution is 2.37. The lowest BCUT2D eigenvalue weighted by Gasteiger charge is -2.32. The summed E-state index contributed by atoms with van der Waals surface area (Å²) in [5, 5.41) is 0. The van der Waals surface area contributed by atoms with Gasteiger partial charge in [0.2, 0.25) is 5.91 Å². The Labute approximate surface area is 172 Å². The van der Waals surface area contributed by atoms with Crippen molar-refractivity contribution in [1.29, 1.82) is 0 Å². The van der Waals surface area contributed by atoms with Gasteiger partial charge in [0.25, 0.3) is 0 Å². The Hall–Kier alpha value is -2.25. The fourth-order valence-corrected chi connectivity index (χ4v) is 3.88. The smallest absolute Gasteiger partial charge is 0.399 e. The average Bonchev–Trinajstić information content (AvgIpc) is 3.11. The van der Waals surface area contributed by atoms with Gasteiger partial charge in [0.05, 0.1) is 11.2 Å². The Morgan fingerprint density at radius 1 is 1.00 bits per heavy atom. The standard InChI is InChI=1S/C22H28BN3O3/c1-14-13-15(2)25-19(24-14)18-11-12-26(20(18)27)17-9-7-16(8-10-17)23-28-21(3,4)22(5,6)29-23/h7-10,13,18H,11-12H2,1-6H3. The summed E-state index contributed by atoms with van der Waals surface area (Å²) < 4.78 is 12.2. The monoisotopic (exact) mass is 393 g/mol. The zero-order valence-corrected chi connectivity index (χ0v) is 18.0. The molecule has 6 nitrogen and oxygen atoms in total. The van der Waals surface area contributed by atoms with Crippen LogP contribution in [0.3, 0.4) is 0 Å². The molecule has 1 unspecified atom stereocenters. The maximum atomic E-state index is 13.0. The number of anilines is 1. The predicted octanol–water partition coefficient (Wildman–Crippen LogP) is 2.91. The second kappa shape index (κ2) is 6.92. The summed E-state index contributed by atoms with van der Waals surface area (Å²) in [6.45, 7) is 12.7. The first-order valence-electron chi connectivity index (χ1n) is 10.2. The highest BCUT2D eigenvalue weighted by molar-refractivity contribution is 6.62. The van der Waals surface area contributed by atoms with Gasteiger partial charge in [0, 0.05) is 23.6 Å². The average molecular weight is 393 g/mol. The van der Waals surface area contributed by atoms with Crippen molar-refractivity contribution < 1.29 is 14.1 Å². The largest absolute Gasteiger partial charge is 0.494 e. The lowest BCUT2D eigenvalue weighted by Crippen LogP contribution is -2.41. The maximum absolute atomic E-state index is 13.0. The summed E-state index contributed by atoms with van der Waals surface area (Å²) in [6.07, 6.45) is 0.723. The van der Waals surface area contributed by atoms with Gasteiger partial charge >= 0.3 is 7.12 Å². The van der Waals surface area contributed by atoms with E-state index in [0.29, 0.717) is 12.4 Å². The first-order valence-corrected chi connectivity index (χ1v) is 10.2. The summed E-state index contributed by atoms with van der Waals surface area (Å²) in [7, 11) is -0.403. The molecule has 7 heteroatoms.